The van der Waals surface area contributed by atoms with Crippen LogP contribution < -0.4 is 0 Å². The zero-order valence-corrected chi connectivity index (χ0v) is 26.8. The summed E-state index contributed by atoms with van der Waals surface area (Å²) in [7, 11) is 0. The first-order valence-electron chi connectivity index (χ1n) is 15.1. The summed E-state index contributed by atoms with van der Waals surface area (Å²) in [5, 5.41) is 0. The number of rotatable bonds is 7. The van der Waals surface area contributed by atoms with Gasteiger partial charge in [0.1, 0.15) is 0 Å². The summed E-state index contributed by atoms with van der Waals surface area (Å²) >= 11 is 0. The summed E-state index contributed by atoms with van der Waals surface area (Å²) in [4.78, 5) is 0. The van der Waals surface area contributed by atoms with Crippen molar-refractivity contribution in [2.24, 2.45) is 23.7 Å². The van der Waals surface area contributed by atoms with Crippen LogP contribution >= 0.6 is 0 Å². The molecule has 2 fully saturated rings. The molecule has 0 aromatic rings. The van der Waals surface area contributed by atoms with Crippen molar-refractivity contribution in [2.45, 2.75) is 147 Å². The van der Waals surface area contributed by atoms with Crippen molar-refractivity contribution in [1.82, 2.24) is 0 Å². The molecule has 0 N–H and O–H groups in total. The lowest BCUT2D eigenvalue weighted by Gasteiger charge is -2.41. The van der Waals surface area contributed by atoms with E-state index in [2.05, 4.69) is 72.9 Å². The van der Waals surface area contributed by atoms with Crippen LogP contribution in [-0.4, -0.2) is 24.4 Å². The van der Waals surface area contributed by atoms with E-state index in [1.54, 1.807) is 6.08 Å². The number of hydrogen-bond acceptors (Lipinski definition) is 2. The molecular weight excluding hydrogens is 440 g/mol. The summed E-state index contributed by atoms with van der Waals surface area (Å²) in [6.45, 7) is 34.9. The highest BCUT2D eigenvalue weighted by molar-refractivity contribution is 5.18. The van der Waals surface area contributed by atoms with E-state index in [-0.39, 0.29) is 6.10 Å². The van der Waals surface area contributed by atoms with Crippen LogP contribution in [0, 0.1) is 23.7 Å². The van der Waals surface area contributed by atoms with Gasteiger partial charge in [-0.2, -0.15) is 0 Å². The Labute approximate surface area is 228 Å². The van der Waals surface area contributed by atoms with Crippen molar-refractivity contribution in [3.8, 4) is 0 Å². The molecule has 0 bridgehead atoms. The standard InChI is InChI=1S/C25H42O2.C3H6.3C2H6/c1-8-9-22-16-23(17(2)3)21(7)25(27-22)15-11-18(4)10-14-24-19(5)12-13-20(6)26-24;1-3-2;3*1-2/h8,10-11,15,17,19-25H,1,9,12-14,16H2,2-7H3;3H,1H2,2H3;3*1-2H3/b15-11+,18-10+;;;;/t19-,20+,21-,22+,23?,24-,25?;;;;/m0..../s1. The van der Waals surface area contributed by atoms with Crippen molar-refractivity contribution in [2.75, 3.05) is 0 Å². The van der Waals surface area contributed by atoms with Gasteiger partial charge in [-0.15, -0.1) is 13.2 Å². The van der Waals surface area contributed by atoms with Crippen LogP contribution in [0.1, 0.15) is 122 Å². The molecule has 2 heteroatoms. The zero-order valence-electron chi connectivity index (χ0n) is 26.8. The van der Waals surface area contributed by atoms with Crippen LogP contribution in [0.25, 0.3) is 0 Å². The quantitative estimate of drug-likeness (QED) is 0.252. The minimum atomic E-state index is 0.198. The minimum Gasteiger partial charge on any atom is -0.375 e. The molecule has 2 aliphatic rings. The van der Waals surface area contributed by atoms with E-state index in [0.717, 1.165) is 19.3 Å². The van der Waals surface area contributed by atoms with Gasteiger partial charge in [0.25, 0.3) is 0 Å². The Balaban J connectivity index is -0.00000108. The second-order valence-electron chi connectivity index (χ2n) is 9.74. The second-order valence-corrected chi connectivity index (χ2v) is 9.74. The fourth-order valence-electron chi connectivity index (χ4n) is 4.69. The van der Waals surface area contributed by atoms with Gasteiger partial charge >= 0.3 is 0 Å². The van der Waals surface area contributed by atoms with Gasteiger partial charge in [-0.3, -0.25) is 0 Å². The van der Waals surface area contributed by atoms with Gasteiger partial charge in [-0.05, 0) is 76.5 Å². The van der Waals surface area contributed by atoms with Gasteiger partial charge in [-0.1, -0.05) is 105 Å². The van der Waals surface area contributed by atoms with Crippen molar-refractivity contribution < 1.29 is 9.47 Å². The monoisotopic (exact) mass is 507 g/mol. The highest BCUT2D eigenvalue weighted by Crippen LogP contribution is 2.37. The molecule has 7 atom stereocenters. The molecule has 0 amide bonds. The van der Waals surface area contributed by atoms with Gasteiger partial charge in [0, 0.05) is 0 Å². The molecular formula is C34H66O2. The molecule has 2 unspecified atom stereocenters. The van der Waals surface area contributed by atoms with E-state index in [1.165, 1.54) is 18.4 Å². The smallest absolute Gasteiger partial charge is 0.0791 e. The van der Waals surface area contributed by atoms with Crippen LogP contribution in [0.5, 0.6) is 0 Å². The van der Waals surface area contributed by atoms with Crippen LogP contribution in [0.2, 0.25) is 0 Å². The van der Waals surface area contributed by atoms with Crippen molar-refractivity contribution >= 4 is 0 Å². The van der Waals surface area contributed by atoms with Crippen LogP contribution in [-0.2, 0) is 9.47 Å². The lowest BCUT2D eigenvalue weighted by molar-refractivity contribution is -0.0892. The molecule has 2 rings (SSSR count). The SMILES string of the molecule is C=CC.C=CC[C@@H]1CC(C(C)C)[C@H](C)C(/C=C/C(C)=C/C[C@@H]2O[C@H](C)CC[C@@H]2C)O1.CC.CC.CC. The van der Waals surface area contributed by atoms with E-state index in [4.69, 9.17) is 9.47 Å². The maximum atomic E-state index is 6.39. The van der Waals surface area contributed by atoms with Gasteiger partial charge in [0.2, 0.25) is 0 Å². The highest BCUT2D eigenvalue weighted by Gasteiger charge is 2.35. The molecule has 36 heavy (non-hydrogen) atoms. The molecule has 0 spiro atoms. The van der Waals surface area contributed by atoms with E-state index in [0.29, 0.717) is 42.0 Å². The Bertz CT molecular complexity index is 560. The second kappa shape index (κ2) is 25.5. The van der Waals surface area contributed by atoms with Gasteiger partial charge in [0.05, 0.1) is 24.4 Å². The summed E-state index contributed by atoms with van der Waals surface area (Å²) in [5.74, 6) is 2.61. The summed E-state index contributed by atoms with van der Waals surface area (Å²) in [5.41, 5.74) is 1.31. The first-order valence-corrected chi connectivity index (χ1v) is 15.1. The van der Waals surface area contributed by atoms with Crippen molar-refractivity contribution in [1.29, 1.82) is 0 Å². The molecule has 0 aliphatic carbocycles. The predicted molar refractivity (Wildman–Crippen MR) is 166 cm³/mol. The Morgan fingerprint density at radius 1 is 0.917 bits per heavy atom. The third-order valence-corrected chi connectivity index (χ3v) is 6.66. The first-order chi connectivity index (χ1) is 17.2. The van der Waals surface area contributed by atoms with Gasteiger partial charge < -0.3 is 9.47 Å². The van der Waals surface area contributed by atoms with Gasteiger partial charge in [0.15, 0.2) is 0 Å². The van der Waals surface area contributed by atoms with E-state index >= 15 is 0 Å². The van der Waals surface area contributed by atoms with Crippen LogP contribution in [0.3, 0.4) is 0 Å². The topological polar surface area (TPSA) is 18.5 Å². The summed E-state index contributed by atoms with van der Waals surface area (Å²) in [6, 6.07) is 0. The van der Waals surface area contributed by atoms with E-state index < -0.39 is 0 Å². The molecule has 0 aromatic heterocycles. The third kappa shape index (κ3) is 16.6. The molecule has 214 valence electrons. The maximum Gasteiger partial charge on any atom is 0.0791 e. The fraction of sp³-hybridized carbons (Fsp3) is 0.765. The predicted octanol–water partition coefficient (Wildman–Crippen LogP) is 11.0. The zero-order chi connectivity index (χ0) is 28.7. The van der Waals surface area contributed by atoms with Crippen molar-refractivity contribution in [3.05, 3.63) is 49.1 Å². The molecule has 2 nitrogen and oxygen atoms in total. The lowest BCUT2D eigenvalue weighted by atomic mass is 9.75. The van der Waals surface area contributed by atoms with Crippen LogP contribution in [0.4, 0.5) is 0 Å². The number of hydrogen-bond donors (Lipinski definition) is 0. The Kier molecular flexibility index (Phi) is 27.9. The number of allylic oxidation sites excluding steroid dienone is 3. The first kappa shape index (κ1) is 39.4. The molecule has 0 radical (unpaired) electrons. The maximum absolute atomic E-state index is 6.39. The molecule has 2 saturated heterocycles. The minimum absolute atomic E-state index is 0.198. The summed E-state index contributed by atoms with van der Waals surface area (Å²) in [6.07, 6.45) is 17.5. The Morgan fingerprint density at radius 3 is 1.97 bits per heavy atom. The van der Waals surface area contributed by atoms with E-state index in [9.17, 15) is 0 Å². The van der Waals surface area contributed by atoms with Crippen LogP contribution in [0.15, 0.2) is 49.1 Å². The van der Waals surface area contributed by atoms with Gasteiger partial charge in [-0.25, -0.2) is 0 Å². The Hall–Kier alpha value is -1.12. The number of ether oxygens (including phenoxy) is 2. The molecule has 2 heterocycles. The third-order valence-electron chi connectivity index (χ3n) is 6.66. The fourth-order valence-corrected chi connectivity index (χ4v) is 4.69. The average molecular weight is 507 g/mol. The van der Waals surface area contributed by atoms with E-state index in [1.807, 2.05) is 54.5 Å². The normalized spacial score (nSPS) is 29.7. The Morgan fingerprint density at radius 2 is 1.47 bits per heavy atom. The molecule has 2 aliphatic heterocycles. The molecule has 0 aromatic carbocycles. The lowest BCUT2D eigenvalue weighted by Crippen LogP contribution is -2.40. The highest BCUT2D eigenvalue weighted by atomic mass is 16.5. The average Bonchev–Trinajstić information content (AvgIpc) is 2.88. The largest absolute Gasteiger partial charge is 0.375 e. The molecule has 0 saturated carbocycles. The summed E-state index contributed by atoms with van der Waals surface area (Å²) < 4.78 is 12.5. The van der Waals surface area contributed by atoms with Crippen molar-refractivity contribution in [3.63, 3.8) is 0 Å².